The molecule has 0 unspecified atom stereocenters. The number of carbonyl (C=O) groups is 1. The van der Waals surface area contributed by atoms with E-state index in [1.165, 1.54) is 0 Å². The van der Waals surface area contributed by atoms with Crippen molar-refractivity contribution in [2.45, 2.75) is 20.5 Å². The van der Waals surface area contributed by atoms with Crippen LogP contribution in [0.3, 0.4) is 0 Å². The Labute approximate surface area is 123 Å². The third-order valence-corrected chi connectivity index (χ3v) is 2.86. The lowest BCUT2D eigenvalue weighted by molar-refractivity contribution is 0.0464. The van der Waals surface area contributed by atoms with Crippen molar-refractivity contribution in [2.24, 2.45) is 0 Å². The van der Waals surface area contributed by atoms with E-state index < -0.39 is 5.97 Å². The molecule has 1 heterocycles. The number of nitrogens with zero attached hydrogens (tertiary/aromatic N) is 1. The molecular formula is C16H18N2O3. The highest BCUT2D eigenvalue weighted by molar-refractivity contribution is 5.98. The molecule has 0 bridgehead atoms. The summed E-state index contributed by atoms with van der Waals surface area (Å²) >= 11 is 0. The Morgan fingerprint density at radius 1 is 1.24 bits per heavy atom. The van der Waals surface area contributed by atoms with E-state index >= 15 is 0 Å². The number of hydrogen-bond acceptors (Lipinski definition) is 5. The van der Waals surface area contributed by atoms with Crippen molar-refractivity contribution in [2.75, 3.05) is 12.3 Å². The minimum Gasteiger partial charge on any atom is -0.493 e. The second-order valence-corrected chi connectivity index (χ2v) is 4.50. The molecule has 0 atom stereocenters. The van der Waals surface area contributed by atoms with E-state index in [-0.39, 0.29) is 12.2 Å². The number of carbonyl (C=O) groups excluding carboxylic acids is 1. The molecule has 1 aromatic heterocycles. The Morgan fingerprint density at radius 3 is 2.71 bits per heavy atom. The van der Waals surface area contributed by atoms with E-state index in [4.69, 9.17) is 15.2 Å². The Morgan fingerprint density at radius 2 is 2.00 bits per heavy atom. The third-order valence-electron chi connectivity index (χ3n) is 2.86. The van der Waals surface area contributed by atoms with E-state index in [1.807, 2.05) is 26.0 Å². The molecule has 0 saturated heterocycles. The maximum atomic E-state index is 12.2. The predicted octanol–water partition coefficient (Wildman–Crippen LogP) is 2.73. The molecule has 0 aliphatic carbocycles. The molecule has 0 aliphatic heterocycles. The fraction of sp³-hybridized carbons (Fsp3) is 0.250. The van der Waals surface area contributed by atoms with Crippen LogP contribution >= 0.6 is 0 Å². The van der Waals surface area contributed by atoms with Crippen LogP contribution in [0, 0.1) is 6.92 Å². The lowest BCUT2D eigenvalue weighted by atomic mass is 10.1. The summed E-state index contributed by atoms with van der Waals surface area (Å²) in [5.41, 5.74) is 8.01. The Balaban J connectivity index is 2.13. The normalized spacial score (nSPS) is 10.2. The van der Waals surface area contributed by atoms with Crippen LogP contribution in [-0.4, -0.2) is 17.6 Å². The van der Waals surface area contributed by atoms with E-state index in [1.54, 1.807) is 24.3 Å². The zero-order chi connectivity index (χ0) is 15.2. The molecule has 0 aliphatic rings. The van der Waals surface area contributed by atoms with Gasteiger partial charge in [-0.25, -0.2) is 4.79 Å². The molecule has 5 nitrogen and oxygen atoms in total. The van der Waals surface area contributed by atoms with Crippen LogP contribution in [-0.2, 0) is 11.3 Å². The summed E-state index contributed by atoms with van der Waals surface area (Å²) in [4.78, 5) is 16.5. The molecule has 2 aromatic rings. The van der Waals surface area contributed by atoms with Gasteiger partial charge in [0.15, 0.2) is 0 Å². The number of hydrogen-bond donors (Lipinski definition) is 1. The highest BCUT2D eigenvalue weighted by Gasteiger charge is 2.17. The lowest BCUT2D eigenvalue weighted by Gasteiger charge is -2.12. The molecule has 0 spiro atoms. The van der Waals surface area contributed by atoms with Gasteiger partial charge >= 0.3 is 5.97 Å². The molecule has 110 valence electrons. The van der Waals surface area contributed by atoms with Gasteiger partial charge in [-0.1, -0.05) is 12.1 Å². The summed E-state index contributed by atoms with van der Waals surface area (Å²) in [6, 6.07) is 10.6. The van der Waals surface area contributed by atoms with Crippen molar-refractivity contribution in [3.05, 3.63) is 53.3 Å². The number of nitrogens with two attached hydrogens (primary N) is 1. The zero-order valence-corrected chi connectivity index (χ0v) is 12.1. The molecule has 0 saturated carbocycles. The quantitative estimate of drug-likeness (QED) is 0.675. The van der Waals surface area contributed by atoms with E-state index in [0.717, 1.165) is 5.69 Å². The SMILES string of the molecule is CCOc1cccc(N)c1C(=O)OCc1cccc(C)n1. The monoisotopic (exact) mass is 286 g/mol. The van der Waals surface area contributed by atoms with Crippen LogP contribution in [0.2, 0.25) is 0 Å². The maximum absolute atomic E-state index is 12.2. The molecule has 2 rings (SSSR count). The zero-order valence-electron chi connectivity index (χ0n) is 12.1. The minimum absolute atomic E-state index is 0.0976. The molecular weight excluding hydrogens is 268 g/mol. The maximum Gasteiger partial charge on any atom is 0.344 e. The highest BCUT2D eigenvalue weighted by atomic mass is 16.5. The number of nitrogen functional groups attached to an aromatic ring is 1. The number of benzene rings is 1. The van der Waals surface area contributed by atoms with Crippen LogP contribution < -0.4 is 10.5 Å². The first-order chi connectivity index (χ1) is 10.1. The number of rotatable bonds is 5. The van der Waals surface area contributed by atoms with Gasteiger partial charge in [-0.2, -0.15) is 0 Å². The Bertz CT molecular complexity index is 641. The first-order valence-electron chi connectivity index (χ1n) is 6.72. The van der Waals surface area contributed by atoms with Crippen molar-refractivity contribution >= 4 is 11.7 Å². The standard InChI is InChI=1S/C16H18N2O3/c1-3-20-14-9-5-8-13(17)15(14)16(19)21-10-12-7-4-6-11(2)18-12/h4-9H,3,10,17H2,1-2H3. The van der Waals surface area contributed by atoms with Crippen molar-refractivity contribution in [3.8, 4) is 5.75 Å². The van der Waals surface area contributed by atoms with Gasteiger partial charge in [-0.15, -0.1) is 0 Å². The first kappa shape index (κ1) is 14.8. The molecule has 2 N–H and O–H groups in total. The van der Waals surface area contributed by atoms with Crippen LogP contribution in [0.5, 0.6) is 5.75 Å². The summed E-state index contributed by atoms with van der Waals surface area (Å²) in [6.07, 6.45) is 0. The molecule has 0 radical (unpaired) electrons. The molecule has 0 amide bonds. The molecule has 5 heteroatoms. The summed E-state index contributed by atoms with van der Waals surface area (Å²) in [6.45, 7) is 4.27. The number of esters is 1. The van der Waals surface area contributed by atoms with E-state index in [2.05, 4.69) is 4.98 Å². The third kappa shape index (κ3) is 3.72. The average Bonchev–Trinajstić information content (AvgIpc) is 2.45. The van der Waals surface area contributed by atoms with Gasteiger partial charge < -0.3 is 15.2 Å². The van der Waals surface area contributed by atoms with Crippen LogP contribution in [0.1, 0.15) is 28.7 Å². The van der Waals surface area contributed by atoms with Crippen LogP contribution in [0.4, 0.5) is 5.69 Å². The fourth-order valence-corrected chi connectivity index (χ4v) is 1.93. The summed E-state index contributed by atoms with van der Waals surface area (Å²) in [5, 5.41) is 0. The van der Waals surface area contributed by atoms with Crippen molar-refractivity contribution in [1.29, 1.82) is 0 Å². The highest BCUT2D eigenvalue weighted by Crippen LogP contribution is 2.25. The van der Waals surface area contributed by atoms with Gasteiger partial charge in [0.2, 0.25) is 0 Å². The number of anilines is 1. The van der Waals surface area contributed by atoms with Crippen LogP contribution in [0.15, 0.2) is 36.4 Å². The van der Waals surface area contributed by atoms with Crippen molar-refractivity contribution in [1.82, 2.24) is 4.98 Å². The van der Waals surface area contributed by atoms with Gasteiger partial charge in [0.05, 0.1) is 12.3 Å². The fourth-order valence-electron chi connectivity index (χ4n) is 1.93. The lowest BCUT2D eigenvalue weighted by Crippen LogP contribution is -2.11. The summed E-state index contributed by atoms with van der Waals surface area (Å²) in [7, 11) is 0. The van der Waals surface area contributed by atoms with Crippen molar-refractivity contribution in [3.63, 3.8) is 0 Å². The number of ether oxygens (including phenoxy) is 2. The number of pyridine rings is 1. The van der Waals surface area contributed by atoms with Gasteiger partial charge in [-0.05, 0) is 38.1 Å². The second kappa shape index (κ2) is 6.74. The van der Waals surface area contributed by atoms with Gasteiger partial charge in [-0.3, -0.25) is 4.98 Å². The van der Waals surface area contributed by atoms with Gasteiger partial charge in [0.1, 0.15) is 17.9 Å². The summed E-state index contributed by atoms with van der Waals surface area (Å²) in [5.74, 6) is -0.0837. The summed E-state index contributed by atoms with van der Waals surface area (Å²) < 4.78 is 10.7. The second-order valence-electron chi connectivity index (χ2n) is 4.50. The van der Waals surface area contributed by atoms with Crippen molar-refractivity contribution < 1.29 is 14.3 Å². The van der Waals surface area contributed by atoms with E-state index in [0.29, 0.717) is 23.7 Å². The first-order valence-corrected chi connectivity index (χ1v) is 6.72. The minimum atomic E-state index is -0.514. The molecule has 1 aromatic carbocycles. The Kier molecular flexibility index (Phi) is 4.77. The number of aromatic nitrogens is 1. The van der Waals surface area contributed by atoms with Crippen LogP contribution in [0.25, 0.3) is 0 Å². The average molecular weight is 286 g/mol. The predicted molar refractivity (Wildman–Crippen MR) is 80.1 cm³/mol. The van der Waals surface area contributed by atoms with Gasteiger partial charge in [0.25, 0.3) is 0 Å². The molecule has 0 fully saturated rings. The number of aryl methyl sites for hydroxylation is 1. The Hall–Kier alpha value is -2.56. The molecule has 21 heavy (non-hydrogen) atoms. The topological polar surface area (TPSA) is 74.4 Å². The van der Waals surface area contributed by atoms with E-state index in [9.17, 15) is 4.79 Å². The largest absolute Gasteiger partial charge is 0.493 e. The smallest absolute Gasteiger partial charge is 0.344 e. The van der Waals surface area contributed by atoms with Gasteiger partial charge in [0, 0.05) is 11.4 Å².